The van der Waals surface area contributed by atoms with Gasteiger partial charge in [-0.05, 0) is 36.1 Å². The van der Waals surface area contributed by atoms with Gasteiger partial charge in [-0.2, -0.15) is 0 Å². The third-order valence-electron chi connectivity index (χ3n) is 4.51. The molecule has 0 spiro atoms. The second-order valence-electron chi connectivity index (χ2n) is 6.32. The summed E-state index contributed by atoms with van der Waals surface area (Å²) in [5.41, 5.74) is 2.32. The Labute approximate surface area is 162 Å². The normalized spacial score (nSPS) is 10.6. The molecule has 0 aliphatic rings. The van der Waals surface area contributed by atoms with E-state index in [4.69, 9.17) is 0 Å². The fourth-order valence-electron chi connectivity index (χ4n) is 2.99. The number of nitrogens with one attached hydrogen (secondary N) is 1. The fourth-order valence-corrected chi connectivity index (χ4v) is 2.99. The molecule has 0 saturated carbocycles. The number of carbonyl (C=O) groups is 2. The van der Waals surface area contributed by atoms with E-state index in [2.05, 4.69) is 5.32 Å². The molecule has 4 nitrogen and oxygen atoms in total. The van der Waals surface area contributed by atoms with Crippen LogP contribution in [0.5, 0.6) is 0 Å². The van der Waals surface area contributed by atoms with E-state index >= 15 is 0 Å². The van der Waals surface area contributed by atoms with E-state index in [1.807, 2.05) is 32.0 Å². The molecule has 2 aromatic carbocycles. The van der Waals surface area contributed by atoms with E-state index in [0.717, 1.165) is 46.7 Å². The van der Waals surface area contributed by atoms with Crippen molar-refractivity contribution < 1.29 is 22.8 Å². The van der Waals surface area contributed by atoms with Crippen LogP contribution in [0.4, 0.5) is 24.5 Å². The number of para-hydroxylation sites is 1. The topological polar surface area (TPSA) is 49.4 Å². The number of aryl methyl sites for hydroxylation is 2. The van der Waals surface area contributed by atoms with Crippen LogP contribution in [0.1, 0.15) is 38.3 Å². The molecule has 0 saturated heterocycles. The standard InChI is InChI=1S/C21H23F3N2O2/c1-4-14-7-6-8-15(5-2)21(14)25-18(28)11-12-26(13(3)27)17-10-9-16(22)19(23)20(17)24/h6-10H,4-5,11-12H2,1-3H3,(H,25,28). The number of amides is 2. The average Bonchev–Trinajstić information content (AvgIpc) is 2.67. The largest absolute Gasteiger partial charge is 0.326 e. The van der Waals surface area contributed by atoms with Gasteiger partial charge in [0, 0.05) is 25.6 Å². The molecule has 0 aromatic heterocycles. The summed E-state index contributed by atoms with van der Waals surface area (Å²) in [6, 6.07) is 7.50. The highest BCUT2D eigenvalue weighted by Crippen LogP contribution is 2.25. The molecule has 0 heterocycles. The molecule has 150 valence electrons. The SMILES string of the molecule is CCc1cccc(CC)c1NC(=O)CCN(C(C)=O)c1ccc(F)c(F)c1F. The Morgan fingerprint density at radius 2 is 1.57 bits per heavy atom. The molecular formula is C21H23F3N2O2. The molecule has 0 aliphatic carbocycles. The summed E-state index contributed by atoms with van der Waals surface area (Å²) in [7, 11) is 0. The third-order valence-corrected chi connectivity index (χ3v) is 4.51. The zero-order valence-electron chi connectivity index (χ0n) is 16.1. The Balaban J connectivity index is 2.17. The Bertz CT molecular complexity index is 862. The van der Waals surface area contributed by atoms with E-state index in [0.29, 0.717) is 0 Å². The van der Waals surface area contributed by atoms with Gasteiger partial charge >= 0.3 is 0 Å². The summed E-state index contributed by atoms with van der Waals surface area (Å²) < 4.78 is 40.7. The van der Waals surface area contributed by atoms with E-state index in [9.17, 15) is 22.8 Å². The fraction of sp³-hybridized carbons (Fsp3) is 0.333. The average molecular weight is 392 g/mol. The van der Waals surface area contributed by atoms with Gasteiger partial charge in [0.25, 0.3) is 0 Å². The van der Waals surface area contributed by atoms with Gasteiger partial charge in [0.05, 0.1) is 5.69 Å². The summed E-state index contributed by atoms with van der Waals surface area (Å²) >= 11 is 0. The van der Waals surface area contributed by atoms with Crippen LogP contribution >= 0.6 is 0 Å². The molecule has 28 heavy (non-hydrogen) atoms. The number of nitrogens with zero attached hydrogens (tertiary/aromatic N) is 1. The zero-order valence-corrected chi connectivity index (χ0v) is 16.1. The molecule has 0 atom stereocenters. The first-order valence-electron chi connectivity index (χ1n) is 9.12. The van der Waals surface area contributed by atoms with Gasteiger partial charge in [-0.15, -0.1) is 0 Å². The van der Waals surface area contributed by atoms with Crippen LogP contribution in [0, 0.1) is 17.5 Å². The molecule has 2 amide bonds. The van der Waals surface area contributed by atoms with Crippen molar-refractivity contribution >= 4 is 23.2 Å². The Kier molecular flexibility index (Phi) is 7.20. The van der Waals surface area contributed by atoms with Crippen LogP contribution < -0.4 is 10.2 Å². The molecule has 0 radical (unpaired) electrons. The third kappa shape index (κ3) is 4.71. The van der Waals surface area contributed by atoms with Crippen molar-refractivity contribution in [2.75, 3.05) is 16.8 Å². The predicted octanol–water partition coefficient (Wildman–Crippen LogP) is 4.61. The van der Waals surface area contributed by atoms with Gasteiger partial charge in [-0.25, -0.2) is 13.2 Å². The highest BCUT2D eigenvalue weighted by atomic mass is 19.2. The lowest BCUT2D eigenvalue weighted by atomic mass is 10.0. The maximum absolute atomic E-state index is 14.0. The number of hydrogen-bond donors (Lipinski definition) is 1. The molecule has 1 N–H and O–H groups in total. The van der Waals surface area contributed by atoms with Gasteiger partial charge in [0.15, 0.2) is 17.5 Å². The summed E-state index contributed by atoms with van der Waals surface area (Å²) in [5.74, 6) is -5.39. The number of rotatable bonds is 7. The van der Waals surface area contributed by atoms with E-state index in [1.165, 1.54) is 6.92 Å². The number of benzene rings is 2. The molecule has 7 heteroatoms. The Hall–Kier alpha value is -2.83. The molecule has 0 unspecified atom stereocenters. The summed E-state index contributed by atoms with van der Waals surface area (Å²) in [4.78, 5) is 25.2. The highest BCUT2D eigenvalue weighted by Gasteiger charge is 2.22. The second kappa shape index (κ2) is 9.39. The smallest absolute Gasteiger partial charge is 0.226 e. The number of hydrogen-bond acceptors (Lipinski definition) is 2. The first-order valence-corrected chi connectivity index (χ1v) is 9.12. The van der Waals surface area contributed by atoms with Gasteiger partial charge in [-0.1, -0.05) is 32.0 Å². The van der Waals surface area contributed by atoms with Crippen LogP contribution in [0.3, 0.4) is 0 Å². The van der Waals surface area contributed by atoms with Gasteiger partial charge < -0.3 is 10.2 Å². The minimum atomic E-state index is -1.65. The van der Waals surface area contributed by atoms with Crippen molar-refractivity contribution in [3.05, 3.63) is 58.9 Å². The lowest BCUT2D eigenvalue weighted by Gasteiger charge is -2.22. The lowest BCUT2D eigenvalue weighted by molar-refractivity contribution is -0.117. The van der Waals surface area contributed by atoms with Crippen LogP contribution in [0.25, 0.3) is 0 Å². The van der Waals surface area contributed by atoms with E-state index in [-0.39, 0.29) is 18.9 Å². The zero-order chi connectivity index (χ0) is 20.8. The molecular weight excluding hydrogens is 369 g/mol. The van der Waals surface area contributed by atoms with Crippen LogP contribution in [-0.2, 0) is 22.4 Å². The molecule has 0 fully saturated rings. The summed E-state index contributed by atoms with van der Waals surface area (Å²) in [5, 5.41) is 2.86. The predicted molar refractivity (Wildman–Crippen MR) is 103 cm³/mol. The minimum Gasteiger partial charge on any atom is -0.326 e. The monoisotopic (exact) mass is 392 g/mol. The summed E-state index contributed by atoms with van der Waals surface area (Å²) in [6.45, 7) is 4.96. The van der Waals surface area contributed by atoms with Crippen molar-refractivity contribution in [3.8, 4) is 0 Å². The van der Waals surface area contributed by atoms with E-state index < -0.39 is 29.0 Å². The first-order chi connectivity index (χ1) is 13.3. The van der Waals surface area contributed by atoms with E-state index in [1.54, 1.807) is 0 Å². The number of carbonyl (C=O) groups excluding carboxylic acids is 2. The van der Waals surface area contributed by atoms with Crippen molar-refractivity contribution in [3.63, 3.8) is 0 Å². The van der Waals surface area contributed by atoms with Crippen LogP contribution in [0.2, 0.25) is 0 Å². The van der Waals surface area contributed by atoms with Gasteiger partial charge in [0.1, 0.15) is 0 Å². The Morgan fingerprint density at radius 3 is 2.11 bits per heavy atom. The Morgan fingerprint density at radius 1 is 0.964 bits per heavy atom. The molecule has 0 aliphatic heterocycles. The van der Waals surface area contributed by atoms with Gasteiger partial charge in [0.2, 0.25) is 11.8 Å². The highest BCUT2D eigenvalue weighted by molar-refractivity contribution is 5.95. The van der Waals surface area contributed by atoms with Crippen LogP contribution in [-0.4, -0.2) is 18.4 Å². The maximum atomic E-state index is 14.0. The van der Waals surface area contributed by atoms with Gasteiger partial charge in [-0.3, -0.25) is 9.59 Å². The van der Waals surface area contributed by atoms with Crippen molar-refractivity contribution in [1.29, 1.82) is 0 Å². The lowest BCUT2D eigenvalue weighted by Crippen LogP contribution is -2.33. The van der Waals surface area contributed by atoms with Crippen molar-refractivity contribution in [1.82, 2.24) is 0 Å². The van der Waals surface area contributed by atoms with Crippen molar-refractivity contribution in [2.24, 2.45) is 0 Å². The maximum Gasteiger partial charge on any atom is 0.226 e. The second-order valence-corrected chi connectivity index (χ2v) is 6.32. The minimum absolute atomic E-state index is 0.126. The number of anilines is 2. The van der Waals surface area contributed by atoms with Crippen molar-refractivity contribution in [2.45, 2.75) is 40.0 Å². The number of halogens is 3. The molecule has 0 bridgehead atoms. The van der Waals surface area contributed by atoms with Crippen LogP contribution in [0.15, 0.2) is 30.3 Å². The molecule has 2 aromatic rings. The quantitative estimate of drug-likeness (QED) is 0.700. The first kappa shape index (κ1) is 21.5. The summed E-state index contributed by atoms with van der Waals surface area (Å²) in [6.07, 6.45) is 1.35. The molecule has 2 rings (SSSR count).